The lowest BCUT2D eigenvalue weighted by Crippen LogP contribution is -2.35. The molecule has 1 saturated heterocycles. The molecule has 2 amide bonds. The van der Waals surface area contributed by atoms with Crippen molar-refractivity contribution in [2.24, 2.45) is 18.4 Å². The maximum absolute atomic E-state index is 14.3. The first-order chi connectivity index (χ1) is 17.3. The van der Waals surface area contributed by atoms with Crippen molar-refractivity contribution in [3.63, 3.8) is 0 Å². The van der Waals surface area contributed by atoms with E-state index in [1.54, 1.807) is 36.3 Å². The molecule has 2 aromatic heterocycles. The smallest absolute Gasteiger partial charge is 0.270 e. The van der Waals surface area contributed by atoms with Gasteiger partial charge >= 0.3 is 0 Å². The summed E-state index contributed by atoms with van der Waals surface area (Å²) < 4.78 is 21.2. The summed E-state index contributed by atoms with van der Waals surface area (Å²) in [5, 5.41) is 16.6. The molecular weight excluding hydrogens is 463 g/mol. The number of aromatic nitrogens is 3. The molecule has 2 aliphatic rings. The quantitative estimate of drug-likeness (QED) is 0.546. The molecule has 1 atom stereocenters. The van der Waals surface area contributed by atoms with Crippen LogP contribution in [0.25, 0.3) is 11.1 Å². The molecule has 184 valence electrons. The number of rotatable bonds is 7. The number of amides is 2. The zero-order valence-corrected chi connectivity index (χ0v) is 20.0. The van der Waals surface area contributed by atoms with Gasteiger partial charge < -0.3 is 15.0 Å². The fraction of sp³-hybridized carbons (Fsp3) is 0.346. The van der Waals surface area contributed by atoms with E-state index in [1.165, 1.54) is 30.2 Å². The molecular formula is C26H25FN6O3. The molecule has 1 aliphatic heterocycles. The summed E-state index contributed by atoms with van der Waals surface area (Å²) >= 11 is 0. The van der Waals surface area contributed by atoms with Crippen LogP contribution >= 0.6 is 0 Å². The molecule has 1 aliphatic carbocycles. The lowest BCUT2D eigenvalue weighted by atomic mass is 9.83. The number of methoxy groups -OCH3 is 1. The third-order valence-electron chi connectivity index (χ3n) is 6.82. The standard InChI is InChI=1S/C26H25FN6O3/c1-32-14-18(13-30-32)17-7-16(8-20(27)9-17)12-29-24(34)22-10-21(11-23(31-22)36-2)33-6-5-26(15-28,25(33)35)19-3-4-19/h7-11,13-14,19H,3-6,12H2,1-2H3,(H,29,34)/t26-/m1/s1. The Morgan fingerprint density at radius 3 is 2.75 bits per heavy atom. The number of aryl methyl sites for hydroxylation is 1. The minimum absolute atomic E-state index is 0.0573. The van der Waals surface area contributed by atoms with Gasteiger partial charge in [-0.25, -0.2) is 9.37 Å². The van der Waals surface area contributed by atoms with E-state index in [2.05, 4.69) is 21.5 Å². The normalized spacial score (nSPS) is 19.3. The van der Waals surface area contributed by atoms with E-state index >= 15 is 0 Å². The van der Waals surface area contributed by atoms with Crippen LogP contribution in [0.3, 0.4) is 0 Å². The van der Waals surface area contributed by atoms with Crippen LogP contribution in [0.4, 0.5) is 10.1 Å². The Morgan fingerprint density at radius 2 is 2.08 bits per heavy atom. The maximum Gasteiger partial charge on any atom is 0.270 e. The number of nitrogens with one attached hydrogen (secondary N) is 1. The second-order valence-electron chi connectivity index (χ2n) is 9.25. The van der Waals surface area contributed by atoms with Crippen molar-refractivity contribution in [3.8, 4) is 23.1 Å². The Morgan fingerprint density at radius 1 is 1.28 bits per heavy atom. The van der Waals surface area contributed by atoms with Gasteiger partial charge in [-0.1, -0.05) is 0 Å². The van der Waals surface area contributed by atoms with Crippen LogP contribution in [0.1, 0.15) is 35.3 Å². The molecule has 2 fully saturated rings. The van der Waals surface area contributed by atoms with Crippen molar-refractivity contribution in [1.82, 2.24) is 20.1 Å². The van der Waals surface area contributed by atoms with Crippen molar-refractivity contribution in [1.29, 1.82) is 5.26 Å². The molecule has 36 heavy (non-hydrogen) atoms. The fourth-order valence-electron chi connectivity index (χ4n) is 4.76. The number of nitrogens with zero attached hydrogens (tertiary/aromatic N) is 5. The van der Waals surface area contributed by atoms with E-state index in [9.17, 15) is 19.2 Å². The van der Waals surface area contributed by atoms with Crippen LogP contribution in [0.15, 0.2) is 42.7 Å². The minimum atomic E-state index is -0.998. The number of hydrogen-bond donors (Lipinski definition) is 1. The van der Waals surface area contributed by atoms with Gasteiger partial charge in [0.05, 0.1) is 25.1 Å². The van der Waals surface area contributed by atoms with Gasteiger partial charge in [0.1, 0.15) is 16.9 Å². The van der Waals surface area contributed by atoms with Crippen molar-refractivity contribution in [3.05, 3.63) is 59.8 Å². The first kappa shape index (κ1) is 23.5. The summed E-state index contributed by atoms with van der Waals surface area (Å²) in [6.07, 6.45) is 5.63. The maximum atomic E-state index is 14.3. The van der Waals surface area contributed by atoms with Crippen molar-refractivity contribution < 1.29 is 18.7 Å². The fourth-order valence-corrected chi connectivity index (χ4v) is 4.76. The third kappa shape index (κ3) is 4.28. The first-order valence-corrected chi connectivity index (χ1v) is 11.7. The number of carbonyl (C=O) groups is 2. The summed E-state index contributed by atoms with van der Waals surface area (Å²) in [4.78, 5) is 32.0. The first-order valence-electron chi connectivity index (χ1n) is 11.7. The summed E-state index contributed by atoms with van der Waals surface area (Å²) in [6, 6.07) is 9.91. The second-order valence-corrected chi connectivity index (χ2v) is 9.25. The lowest BCUT2D eigenvalue weighted by molar-refractivity contribution is -0.123. The Hall–Kier alpha value is -4.26. The highest BCUT2D eigenvalue weighted by Crippen LogP contribution is 2.52. The van der Waals surface area contributed by atoms with E-state index in [0.717, 1.165) is 18.4 Å². The Labute approximate surface area is 207 Å². The number of benzene rings is 1. The molecule has 9 nitrogen and oxygen atoms in total. The molecule has 1 aromatic carbocycles. The molecule has 0 spiro atoms. The van der Waals surface area contributed by atoms with Gasteiger partial charge in [-0.05, 0) is 60.6 Å². The van der Waals surface area contributed by atoms with Crippen LogP contribution in [0.5, 0.6) is 5.88 Å². The average molecular weight is 489 g/mol. The van der Waals surface area contributed by atoms with Crippen LogP contribution < -0.4 is 15.0 Å². The predicted molar refractivity (Wildman–Crippen MR) is 128 cm³/mol. The molecule has 1 saturated carbocycles. The van der Waals surface area contributed by atoms with Gasteiger partial charge in [-0.15, -0.1) is 0 Å². The molecule has 0 radical (unpaired) electrons. The number of halogens is 1. The molecule has 1 N–H and O–H groups in total. The number of hydrogen-bond acceptors (Lipinski definition) is 6. The SMILES string of the molecule is COc1cc(N2CC[C@@](C#N)(C3CC3)C2=O)cc(C(=O)NCc2cc(F)cc(-c3cnn(C)c3)c2)n1. The van der Waals surface area contributed by atoms with Crippen LogP contribution in [0.2, 0.25) is 0 Å². The molecule has 3 aromatic rings. The zero-order valence-electron chi connectivity index (χ0n) is 20.0. The molecule has 0 bridgehead atoms. The molecule has 0 unspecified atom stereocenters. The van der Waals surface area contributed by atoms with Crippen molar-refractivity contribution in [2.75, 3.05) is 18.6 Å². The van der Waals surface area contributed by atoms with Gasteiger partial charge in [0.25, 0.3) is 5.91 Å². The molecule has 10 heteroatoms. The monoisotopic (exact) mass is 488 g/mol. The third-order valence-corrected chi connectivity index (χ3v) is 6.82. The topological polar surface area (TPSA) is 113 Å². The molecule has 3 heterocycles. The average Bonchev–Trinajstić information content (AvgIpc) is 3.55. The van der Waals surface area contributed by atoms with E-state index in [4.69, 9.17) is 4.74 Å². The van der Waals surface area contributed by atoms with Crippen LogP contribution in [0, 0.1) is 28.5 Å². The number of ether oxygens (including phenoxy) is 1. The number of anilines is 1. The Kier molecular flexibility index (Phi) is 5.92. The van der Waals surface area contributed by atoms with Gasteiger partial charge in [0.15, 0.2) is 0 Å². The number of carbonyl (C=O) groups excluding carboxylic acids is 2. The van der Waals surface area contributed by atoms with Gasteiger partial charge in [-0.3, -0.25) is 14.3 Å². The lowest BCUT2D eigenvalue weighted by Gasteiger charge is -2.21. The van der Waals surface area contributed by atoms with Gasteiger partial charge in [-0.2, -0.15) is 10.4 Å². The molecule has 5 rings (SSSR count). The minimum Gasteiger partial charge on any atom is -0.481 e. The summed E-state index contributed by atoms with van der Waals surface area (Å²) in [5.74, 6) is -0.894. The number of nitriles is 1. The Balaban J connectivity index is 1.35. The second kappa shape index (κ2) is 9.07. The van der Waals surface area contributed by atoms with Gasteiger partial charge in [0, 0.05) is 38.0 Å². The van der Waals surface area contributed by atoms with Crippen LogP contribution in [-0.4, -0.2) is 40.2 Å². The largest absolute Gasteiger partial charge is 0.481 e. The van der Waals surface area contributed by atoms with Crippen molar-refractivity contribution in [2.45, 2.75) is 25.8 Å². The number of pyridine rings is 1. The van der Waals surface area contributed by atoms with Crippen LogP contribution in [-0.2, 0) is 18.4 Å². The van der Waals surface area contributed by atoms with E-state index < -0.39 is 17.1 Å². The van der Waals surface area contributed by atoms with E-state index in [-0.39, 0.29) is 29.9 Å². The zero-order chi connectivity index (χ0) is 25.4. The van der Waals surface area contributed by atoms with E-state index in [0.29, 0.717) is 29.8 Å². The predicted octanol–water partition coefficient (Wildman–Crippen LogP) is 3.22. The van der Waals surface area contributed by atoms with Crippen molar-refractivity contribution >= 4 is 17.5 Å². The Bertz CT molecular complexity index is 1390. The highest BCUT2D eigenvalue weighted by molar-refractivity contribution is 6.03. The van der Waals surface area contributed by atoms with Gasteiger partial charge in [0.2, 0.25) is 11.8 Å². The summed E-state index contributed by atoms with van der Waals surface area (Å²) in [5.41, 5.74) is 1.50. The summed E-state index contributed by atoms with van der Waals surface area (Å²) in [7, 11) is 3.21. The highest BCUT2D eigenvalue weighted by atomic mass is 19.1. The summed E-state index contributed by atoms with van der Waals surface area (Å²) in [6.45, 7) is 0.456. The van der Waals surface area contributed by atoms with E-state index in [1.807, 2.05) is 0 Å². The highest BCUT2D eigenvalue weighted by Gasteiger charge is 2.56.